The minimum absolute atomic E-state index is 0.272. The summed E-state index contributed by atoms with van der Waals surface area (Å²) in [5.74, 6) is -0.123. The Bertz CT molecular complexity index is 234. The third kappa shape index (κ3) is 6.15. The van der Waals surface area contributed by atoms with Crippen molar-refractivity contribution in [1.82, 2.24) is 0 Å². The van der Waals surface area contributed by atoms with E-state index in [4.69, 9.17) is 13.8 Å². The van der Waals surface area contributed by atoms with Crippen molar-refractivity contribution < 1.29 is 22.8 Å². The quantitative estimate of drug-likeness (QED) is 0.387. The Hall–Kier alpha value is 0.320. The van der Waals surface area contributed by atoms with Crippen LogP contribution in [0.5, 0.6) is 0 Å². The number of esters is 1. The van der Waals surface area contributed by atoms with Gasteiger partial charge in [0.1, 0.15) is 0 Å². The SMILES string of the molecule is CCOC(=O)C(C)CSS(=O)P(OC)OC. The molecule has 0 rings (SSSR count). The summed E-state index contributed by atoms with van der Waals surface area (Å²) in [6.07, 6.45) is 0. The summed E-state index contributed by atoms with van der Waals surface area (Å²) in [5, 5.41) is 0. The maximum atomic E-state index is 11.6. The smallest absolute Gasteiger partial charge is 0.309 e. The number of hydrogen-bond donors (Lipinski definition) is 0. The van der Waals surface area contributed by atoms with Crippen molar-refractivity contribution in [2.24, 2.45) is 5.92 Å². The van der Waals surface area contributed by atoms with Gasteiger partial charge in [-0.2, -0.15) is 0 Å². The molecular weight excluding hydrogens is 271 g/mol. The highest BCUT2D eigenvalue weighted by molar-refractivity contribution is 8.89. The Morgan fingerprint density at radius 3 is 2.44 bits per heavy atom. The Morgan fingerprint density at radius 1 is 1.44 bits per heavy atom. The van der Waals surface area contributed by atoms with Crippen molar-refractivity contribution >= 4 is 33.8 Å². The van der Waals surface area contributed by atoms with Crippen LogP contribution in [0, 0.1) is 5.92 Å². The molecule has 0 aromatic carbocycles. The van der Waals surface area contributed by atoms with Gasteiger partial charge in [-0.05, 0) is 6.92 Å². The second kappa shape index (κ2) is 9.36. The molecule has 0 aliphatic carbocycles. The highest BCUT2D eigenvalue weighted by Crippen LogP contribution is 2.46. The van der Waals surface area contributed by atoms with E-state index in [0.29, 0.717) is 12.4 Å². The van der Waals surface area contributed by atoms with Crippen molar-refractivity contribution in [2.75, 3.05) is 26.6 Å². The molecule has 8 heteroatoms. The summed E-state index contributed by atoms with van der Waals surface area (Å²) >= 11 is 0. The first-order chi connectivity index (χ1) is 7.56. The lowest BCUT2D eigenvalue weighted by Crippen LogP contribution is -2.16. The van der Waals surface area contributed by atoms with E-state index in [9.17, 15) is 9.00 Å². The van der Waals surface area contributed by atoms with Gasteiger partial charge in [0.05, 0.1) is 12.5 Å². The summed E-state index contributed by atoms with van der Waals surface area (Å²) < 4.78 is 26.2. The topological polar surface area (TPSA) is 61.8 Å². The molecule has 0 aliphatic rings. The van der Waals surface area contributed by atoms with Gasteiger partial charge in [-0.25, -0.2) is 4.21 Å². The van der Waals surface area contributed by atoms with Crippen LogP contribution < -0.4 is 0 Å². The van der Waals surface area contributed by atoms with Crippen molar-refractivity contribution in [3.63, 3.8) is 0 Å². The van der Waals surface area contributed by atoms with Crippen LogP contribution in [0.3, 0.4) is 0 Å². The maximum Gasteiger partial charge on any atom is 0.309 e. The van der Waals surface area contributed by atoms with E-state index < -0.39 is 17.0 Å². The summed E-state index contributed by atoms with van der Waals surface area (Å²) in [6, 6.07) is 0. The van der Waals surface area contributed by atoms with Crippen molar-refractivity contribution in [2.45, 2.75) is 13.8 Å². The van der Waals surface area contributed by atoms with Gasteiger partial charge >= 0.3 is 5.97 Å². The lowest BCUT2D eigenvalue weighted by Gasteiger charge is -2.12. The standard InChI is InChI=1S/C8H17O5PS2/c1-5-13-8(9)7(2)6-15-16(10)14(11-3)12-4/h7H,5-6H2,1-4H3. The van der Waals surface area contributed by atoms with E-state index in [1.54, 1.807) is 13.8 Å². The zero-order chi connectivity index (χ0) is 12.6. The number of carbonyl (C=O) groups is 1. The Morgan fingerprint density at radius 2 is 2.00 bits per heavy atom. The zero-order valence-electron chi connectivity index (χ0n) is 9.80. The molecule has 2 atom stereocenters. The second-order valence-corrected chi connectivity index (χ2v) is 9.17. The molecule has 0 aromatic heterocycles. The van der Waals surface area contributed by atoms with Crippen LogP contribution in [0.4, 0.5) is 0 Å². The number of carbonyl (C=O) groups excluding carboxylic acids is 1. The van der Waals surface area contributed by atoms with E-state index in [2.05, 4.69) is 0 Å². The highest BCUT2D eigenvalue weighted by atomic mass is 33.3. The Kier molecular flexibility index (Phi) is 9.55. The first kappa shape index (κ1) is 16.3. The molecule has 0 spiro atoms. The molecule has 0 amide bonds. The molecule has 0 aliphatic heterocycles. The lowest BCUT2D eigenvalue weighted by atomic mass is 10.2. The van der Waals surface area contributed by atoms with E-state index in [1.165, 1.54) is 14.2 Å². The first-order valence-corrected chi connectivity index (χ1v) is 9.10. The number of rotatable bonds is 8. The normalized spacial score (nSPS) is 14.8. The van der Waals surface area contributed by atoms with Crippen molar-refractivity contribution in [1.29, 1.82) is 0 Å². The lowest BCUT2D eigenvalue weighted by molar-refractivity contribution is -0.146. The van der Waals surface area contributed by atoms with Gasteiger partial charge in [0, 0.05) is 20.0 Å². The van der Waals surface area contributed by atoms with Crippen LogP contribution in [0.15, 0.2) is 0 Å². The molecule has 0 saturated carbocycles. The van der Waals surface area contributed by atoms with Crippen molar-refractivity contribution in [3.05, 3.63) is 0 Å². The molecule has 0 radical (unpaired) electrons. The van der Waals surface area contributed by atoms with Crippen LogP contribution >= 0.6 is 18.4 Å². The summed E-state index contributed by atoms with van der Waals surface area (Å²) in [7, 11) is 1.38. The van der Waals surface area contributed by atoms with E-state index >= 15 is 0 Å². The van der Waals surface area contributed by atoms with Gasteiger partial charge < -0.3 is 13.8 Å². The third-order valence-electron chi connectivity index (χ3n) is 1.53. The number of hydrogen-bond acceptors (Lipinski definition) is 6. The van der Waals surface area contributed by atoms with Gasteiger partial charge in [-0.3, -0.25) is 4.79 Å². The molecule has 5 nitrogen and oxygen atoms in total. The van der Waals surface area contributed by atoms with Crippen LogP contribution in [0.1, 0.15) is 13.8 Å². The molecule has 0 N–H and O–H groups in total. The van der Waals surface area contributed by atoms with Crippen LogP contribution in [0.25, 0.3) is 0 Å². The van der Waals surface area contributed by atoms with Crippen molar-refractivity contribution in [3.8, 4) is 0 Å². The molecule has 96 valence electrons. The second-order valence-electron chi connectivity index (χ2n) is 2.74. The van der Waals surface area contributed by atoms with Gasteiger partial charge in [0.25, 0.3) is 7.58 Å². The molecule has 0 aromatic rings. The molecule has 0 bridgehead atoms. The largest absolute Gasteiger partial charge is 0.466 e. The van der Waals surface area contributed by atoms with Gasteiger partial charge in [0.2, 0.25) is 0 Å². The third-order valence-corrected chi connectivity index (χ3v) is 7.89. The predicted octanol–water partition coefficient (Wildman–Crippen LogP) is 2.10. The van der Waals surface area contributed by atoms with E-state index in [1.807, 2.05) is 0 Å². The molecule has 16 heavy (non-hydrogen) atoms. The van der Waals surface area contributed by atoms with Crippen LogP contribution in [0.2, 0.25) is 0 Å². The zero-order valence-corrected chi connectivity index (χ0v) is 12.3. The van der Waals surface area contributed by atoms with Gasteiger partial charge in [0.15, 0.2) is 9.45 Å². The maximum absolute atomic E-state index is 11.6. The van der Waals surface area contributed by atoms with Crippen LogP contribution in [-0.2, 0) is 28.0 Å². The summed E-state index contributed by atoms with van der Waals surface area (Å²) in [5.41, 5.74) is 0. The minimum Gasteiger partial charge on any atom is -0.466 e. The summed E-state index contributed by atoms with van der Waals surface area (Å²) in [6.45, 7) is 3.86. The molecular formula is C8H17O5PS2. The monoisotopic (exact) mass is 288 g/mol. The Labute approximate surface area is 103 Å². The summed E-state index contributed by atoms with van der Waals surface area (Å²) in [4.78, 5) is 11.3. The van der Waals surface area contributed by atoms with Gasteiger partial charge in [-0.1, -0.05) is 17.7 Å². The highest BCUT2D eigenvalue weighted by Gasteiger charge is 2.21. The fourth-order valence-corrected chi connectivity index (χ4v) is 6.06. The fraction of sp³-hybridized carbons (Fsp3) is 0.875. The number of ether oxygens (including phenoxy) is 1. The first-order valence-electron chi connectivity index (χ1n) is 4.66. The molecule has 0 saturated heterocycles. The van der Waals surface area contributed by atoms with E-state index in [-0.39, 0.29) is 11.9 Å². The molecule has 0 heterocycles. The predicted molar refractivity (Wildman–Crippen MR) is 67.3 cm³/mol. The van der Waals surface area contributed by atoms with E-state index in [0.717, 1.165) is 10.8 Å². The molecule has 0 fully saturated rings. The fourth-order valence-electron chi connectivity index (χ4n) is 0.752. The Balaban J connectivity index is 3.95. The van der Waals surface area contributed by atoms with Gasteiger partial charge in [-0.15, -0.1) is 0 Å². The average Bonchev–Trinajstić information content (AvgIpc) is 2.27. The molecule has 2 unspecified atom stereocenters. The minimum atomic E-state index is -1.39. The van der Waals surface area contributed by atoms with Crippen LogP contribution in [-0.4, -0.2) is 36.8 Å². The average molecular weight is 288 g/mol.